The number of alkyl halides is 1. The first kappa shape index (κ1) is 23.7. The van der Waals surface area contributed by atoms with Gasteiger partial charge < -0.3 is 9.64 Å². The van der Waals surface area contributed by atoms with Gasteiger partial charge >= 0.3 is 5.97 Å². The van der Waals surface area contributed by atoms with E-state index in [0.717, 1.165) is 52.1 Å². The highest BCUT2D eigenvalue weighted by Crippen LogP contribution is 2.30. The molecule has 0 aliphatic carbocycles. The summed E-state index contributed by atoms with van der Waals surface area (Å²) in [6.07, 6.45) is 0.348. The molecule has 0 aromatic heterocycles. The Morgan fingerprint density at radius 3 is 2.15 bits per heavy atom. The molecule has 178 valence electrons. The van der Waals surface area contributed by atoms with Crippen LogP contribution in [0.15, 0.2) is 60.7 Å². The minimum absolute atomic E-state index is 0.206. The molecule has 0 radical (unpaired) electrons. The van der Waals surface area contributed by atoms with E-state index in [4.69, 9.17) is 4.74 Å². The zero-order valence-corrected chi connectivity index (χ0v) is 19.6. The van der Waals surface area contributed by atoms with Crippen molar-refractivity contribution in [3.8, 4) is 0 Å². The van der Waals surface area contributed by atoms with Gasteiger partial charge in [0.1, 0.15) is 0 Å². The summed E-state index contributed by atoms with van der Waals surface area (Å²) in [5, 5.41) is 0. The van der Waals surface area contributed by atoms with Gasteiger partial charge in [0, 0.05) is 38.4 Å². The molecule has 5 nitrogen and oxygen atoms in total. The van der Waals surface area contributed by atoms with Crippen LogP contribution in [-0.2, 0) is 9.53 Å². The van der Waals surface area contributed by atoms with Crippen molar-refractivity contribution in [3.63, 3.8) is 0 Å². The first-order valence-electron chi connectivity index (χ1n) is 12.3. The number of hydrogen-bond acceptors (Lipinski definition) is 5. The number of halogens is 1. The number of piperazine rings is 1. The Balaban J connectivity index is 1.38. The molecular weight excluding hydrogens is 417 g/mol. The third kappa shape index (κ3) is 6.12. The lowest BCUT2D eigenvalue weighted by Gasteiger charge is -2.42. The number of ether oxygens (including phenoxy) is 1. The maximum atomic E-state index is 15.4. The molecule has 2 heterocycles. The maximum absolute atomic E-state index is 15.4. The number of carbonyl (C=O) groups excluding carboxylic acids is 1. The molecule has 0 N–H and O–H groups in total. The SMILES string of the molecule is CCOC(=O)C(F)C(CN1CCN(c2ccccc2)CC1)N1CCC(c2ccccc2)CC1. The van der Waals surface area contributed by atoms with Crippen molar-refractivity contribution < 1.29 is 13.9 Å². The Bertz CT molecular complexity index is 850. The van der Waals surface area contributed by atoms with Crippen molar-refractivity contribution in [2.45, 2.75) is 37.9 Å². The Morgan fingerprint density at radius 1 is 0.939 bits per heavy atom. The normalized spacial score (nSPS) is 20.4. The van der Waals surface area contributed by atoms with E-state index >= 15 is 4.39 Å². The molecule has 33 heavy (non-hydrogen) atoms. The molecule has 2 saturated heterocycles. The van der Waals surface area contributed by atoms with E-state index in [9.17, 15) is 4.79 Å². The Kier molecular flexibility index (Phi) is 8.35. The van der Waals surface area contributed by atoms with E-state index in [2.05, 4.69) is 63.2 Å². The van der Waals surface area contributed by atoms with E-state index in [1.165, 1.54) is 11.3 Å². The van der Waals surface area contributed by atoms with Gasteiger partial charge in [0.25, 0.3) is 0 Å². The average Bonchev–Trinajstić information content (AvgIpc) is 2.88. The quantitative estimate of drug-likeness (QED) is 0.566. The summed E-state index contributed by atoms with van der Waals surface area (Å²) >= 11 is 0. The molecule has 0 spiro atoms. The molecule has 2 atom stereocenters. The zero-order chi connectivity index (χ0) is 23.0. The second kappa shape index (κ2) is 11.6. The number of esters is 1. The van der Waals surface area contributed by atoms with Crippen LogP contribution < -0.4 is 4.90 Å². The minimum atomic E-state index is -1.62. The number of anilines is 1. The summed E-state index contributed by atoms with van der Waals surface area (Å²) in [5.41, 5.74) is 2.58. The van der Waals surface area contributed by atoms with Crippen LogP contribution >= 0.6 is 0 Å². The fourth-order valence-corrected chi connectivity index (χ4v) is 5.15. The van der Waals surface area contributed by atoms with Gasteiger partial charge in [-0.1, -0.05) is 48.5 Å². The highest BCUT2D eigenvalue weighted by atomic mass is 19.1. The topological polar surface area (TPSA) is 36.0 Å². The van der Waals surface area contributed by atoms with Crippen molar-refractivity contribution in [2.24, 2.45) is 0 Å². The second-order valence-corrected chi connectivity index (χ2v) is 9.07. The van der Waals surface area contributed by atoms with Gasteiger partial charge in [-0.3, -0.25) is 9.80 Å². The molecular formula is C27H36FN3O2. The maximum Gasteiger partial charge on any atom is 0.342 e. The predicted octanol–water partition coefficient (Wildman–Crippen LogP) is 3.96. The zero-order valence-electron chi connectivity index (χ0n) is 19.6. The number of rotatable bonds is 8. The van der Waals surface area contributed by atoms with Crippen LogP contribution in [0.1, 0.15) is 31.2 Å². The number of carbonyl (C=O) groups is 1. The number of hydrogen-bond donors (Lipinski definition) is 0. The molecule has 2 unspecified atom stereocenters. The van der Waals surface area contributed by atoms with Crippen molar-refractivity contribution in [2.75, 3.05) is 57.3 Å². The van der Waals surface area contributed by atoms with Gasteiger partial charge in [0.05, 0.1) is 12.6 Å². The van der Waals surface area contributed by atoms with Crippen molar-refractivity contribution in [1.82, 2.24) is 9.80 Å². The summed E-state index contributed by atoms with van der Waals surface area (Å²) < 4.78 is 20.5. The molecule has 2 aliphatic heterocycles. The first-order valence-corrected chi connectivity index (χ1v) is 12.3. The third-order valence-electron chi connectivity index (χ3n) is 7.06. The summed E-state index contributed by atoms with van der Waals surface area (Å²) in [5.74, 6) is -0.228. The van der Waals surface area contributed by atoms with E-state index in [1.807, 2.05) is 12.1 Å². The Hall–Kier alpha value is -2.44. The third-order valence-corrected chi connectivity index (χ3v) is 7.06. The molecule has 0 amide bonds. The lowest BCUT2D eigenvalue weighted by molar-refractivity contribution is -0.152. The van der Waals surface area contributed by atoms with Crippen LogP contribution in [-0.4, -0.2) is 80.4 Å². The largest absolute Gasteiger partial charge is 0.464 e. The lowest BCUT2D eigenvalue weighted by Crippen LogP contribution is -2.57. The van der Waals surface area contributed by atoms with Gasteiger partial charge in [-0.2, -0.15) is 0 Å². The molecule has 2 aromatic carbocycles. The van der Waals surface area contributed by atoms with Crippen molar-refractivity contribution in [3.05, 3.63) is 66.2 Å². The van der Waals surface area contributed by atoms with Crippen LogP contribution in [0.3, 0.4) is 0 Å². The highest BCUT2D eigenvalue weighted by molar-refractivity contribution is 5.75. The summed E-state index contributed by atoms with van der Waals surface area (Å²) in [7, 11) is 0. The van der Waals surface area contributed by atoms with E-state index in [-0.39, 0.29) is 6.61 Å². The second-order valence-electron chi connectivity index (χ2n) is 9.07. The number of nitrogens with zero attached hydrogens (tertiary/aromatic N) is 3. The van der Waals surface area contributed by atoms with Crippen molar-refractivity contribution in [1.29, 1.82) is 0 Å². The van der Waals surface area contributed by atoms with Crippen LogP contribution in [0.2, 0.25) is 0 Å². The van der Waals surface area contributed by atoms with Gasteiger partial charge in [-0.25, -0.2) is 9.18 Å². The fourth-order valence-electron chi connectivity index (χ4n) is 5.15. The van der Waals surface area contributed by atoms with E-state index in [1.54, 1.807) is 6.92 Å². The van der Waals surface area contributed by atoms with Crippen LogP contribution in [0, 0.1) is 0 Å². The highest BCUT2D eigenvalue weighted by Gasteiger charge is 2.37. The van der Waals surface area contributed by atoms with Gasteiger partial charge in [0.15, 0.2) is 0 Å². The van der Waals surface area contributed by atoms with Gasteiger partial charge in [-0.15, -0.1) is 0 Å². The van der Waals surface area contributed by atoms with E-state index in [0.29, 0.717) is 12.5 Å². The first-order chi connectivity index (χ1) is 16.2. The fraction of sp³-hybridized carbons (Fsp3) is 0.519. The molecule has 6 heteroatoms. The van der Waals surface area contributed by atoms with Gasteiger partial charge in [0.2, 0.25) is 6.17 Å². The standard InChI is InChI=1S/C27H36FN3O2/c1-2-33-27(32)26(28)25(31-15-13-23(14-16-31)22-9-5-3-6-10-22)21-29-17-19-30(20-18-29)24-11-7-4-8-12-24/h3-12,23,25-26H,2,13-21H2,1H3. The molecule has 2 fully saturated rings. The number of piperidine rings is 1. The molecule has 4 rings (SSSR count). The van der Waals surface area contributed by atoms with Crippen LogP contribution in [0.4, 0.5) is 10.1 Å². The Morgan fingerprint density at radius 2 is 1.55 bits per heavy atom. The summed E-state index contributed by atoms with van der Waals surface area (Å²) in [6.45, 7) is 7.63. The van der Waals surface area contributed by atoms with E-state index < -0.39 is 18.2 Å². The lowest BCUT2D eigenvalue weighted by atomic mass is 9.88. The number of benzene rings is 2. The summed E-state index contributed by atoms with van der Waals surface area (Å²) in [6, 6.07) is 20.5. The molecule has 0 saturated carbocycles. The number of likely N-dealkylation sites (tertiary alicyclic amines) is 1. The summed E-state index contributed by atoms with van der Waals surface area (Å²) in [4.78, 5) is 19.2. The molecule has 2 aromatic rings. The van der Waals surface area contributed by atoms with Crippen LogP contribution in [0.25, 0.3) is 0 Å². The number of para-hydroxylation sites is 1. The average molecular weight is 454 g/mol. The van der Waals surface area contributed by atoms with Gasteiger partial charge in [-0.05, 0) is 56.5 Å². The monoisotopic (exact) mass is 453 g/mol. The predicted molar refractivity (Wildman–Crippen MR) is 130 cm³/mol. The molecule has 2 aliphatic rings. The van der Waals surface area contributed by atoms with Crippen molar-refractivity contribution >= 4 is 11.7 Å². The molecule has 0 bridgehead atoms. The Labute approximate surface area is 197 Å². The van der Waals surface area contributed by atoms with Crippen LogP contribution in [0.5, 0.6) is 0 Å². The minimum Gasteiger partial charge on any atom is -0.464 e. The smallest absolute Gasteiger partial charge is 0.342 e.